The van der Waals surface area contributed by atoms with Gasteiger partial charge in [0.2, 0.25) is 0 Å². The van der Waals surface area contributed by atoms with Gasteiger partial charge in [0.1, 0.15) is 0 Å². The number of hydrogen-bond donors (Lipinski definition) is 2. The molecule has 1 aliphatic carbocycles. The molecule has 0 radical (unpaired) electrons. The van der Waals surface area contributed by atoms with E-state index in [0.29, 0.717) is 5.46 Å². The van der Waals surface area contributed by atoms with E-state index in [1.54, 1.807) is 0 Å². The van der Waals surface area contributed by atoms with Gasteiger partial charge in [-0.1, -0.05) is 46.3 Å². The van der Waals surface area contributed by atoms with Gasteiger partial charge in [0.15, 0.2) is 0 Å². The van der Waals surface area contributed by atoms with E-state index < -0.39 is 7.12 Å². The molecule has 17 heavy (non-hydrogen) atoms. The van der Waals surface area contributed by atoms with Crippen LogP contribution in [0.4, 0.5) is 0 Å². The summed E-state index contributed by atoms with van der Waals surface area (Å²) in [6, 6.07) is 12.1. The van der Waals surface area contributed by atoms with Crippen molar-refractivity contribution in [1.82, 2.24) is 0 Å². The Morgan fingerprint density at radius 3 is 2.53 bits per heavy atom. The molecule has 0 heterocycles. The first-order chi connectivity index (χ1) is 8.18. The van der Waals surface area contributed by atoms with Gasteiger partial charge in [-0.05, 0) is 34.7 Å². The molecule has 0 unspecified atom stereocenters. The van der Waals surface area contributed by atoms with Gasteiger partial charge in [0, 0.05) is 9.94 Å². The van der Waals surface area contributed by atoms with Gasteiger partial charge in [-0.15, -0.1) is 0 Å². The fraction of sp³-hybridized carbons (Fsp3) is 0.0769. The van der Waals surface area contributed by atoms with Crippen molar-refractivity contribution in [3.8, 4) is 11.1 Å². The third kappa shape index (κ3) is 1.64. The van der Waals surface area contributed by atoms with Gasteiger partial charge in [-0.3, -0.25) is 0 Å². The van der Waals surface area contributed by atoms with E-state index in [-0.39, 0.29) is 0 Å². The number of benzene rings is 2. The number of halogens is 1. The van der Waals surface area contributed by atoms with Crippen molar-refractivity contribution < 1.29 is 10.0 Å². The average molecular weight is 289 g/mol. The molecule has 2 N–H and O–H groups in total. The number of rotatable bonds is 1. The monoisotopic (exact) mass is 288 g/mol. The molecule has 0 bridgehead atoms. The molecule has 0 spiro atoms. The van der Waals surface area contributed by atoms with Crippen LogP contribution in [-0.4, -0.2) is 17.2 Å². The largest absolute Gasteiger partial charge is 0.489 e. The molecular weight excluding hydrogens is 279 g/mol. The SMILES string of the molecule is OB(O)c1c(Br)ccc2c1Cc1ccccc1-2. The molecule has 0 saturated heterocycles. The van der Waals surface area contributed by atoms with Crippen LogP contribution in [0.3, 0.4) is 0 Å². The smallest absolute Gasteiger partial charge is 0.423 e. The minimum atomic E-state index is -1.44. The van der Waals surface area contributed by atoms with Gasteiger partial charge in [0.25, 0.3) is 0 Å². The summed E-state index contributed by atoms with van der Waals surface area (Å²) in [5, 5.41) is 18.9. The summed E-state index contributed by atoms with van der Waals surface area (Å²) in [4.78, 5) is 0. The molecule has 0 fully saturated rings. The van der Waals surface area contributed by atoms with E-state index >= 15 is 0 Å². The van der Waals surface area contributed by atoms with E-state index in [4.69, 9.17) is 0 Å². The first-order valence-corrected chi connectivity index (χ1v) is 6.23. The molecule has 2 aromatic rings. The van der Waals surface area contributed by atoms with E-state index in [9.17, 15) is 10.0 Å². The van der Waals surface area contributed by atoms with E-state index in [0.717, 1.165) is 22.0 Å². The molecule has 4 heteroatoms. The zero-order valence-corrected chi connectivity index (χ0v) is 10.6. The second kappa shape index (κ2) is 3.98. The Morgan fingerprint density at radius 1 is 1.00 bits per heavy atom. The Labute approximate surface area is 108 Å². The zero-order chi connectivity index (χ0) is 12.0. The highest BCUT2D eigenvalue weighted by Crippen LogP contribution is 2.36. The molecule has 3 rings (SSSR count). The minimum absolute atomic E-state index is 0.582. The highest BCUT2D eigenvalue weighted by molar-refractivity contribution is 9.10. The lowest BCUT2D eigenvalue weighted by molar-refractivity contribution is 0.425. The maximum absolute atomic E-state index is 9.47. The van der Waals surface area contributed by atoms with Crippen LogP contribution >= 0.6 is 15.9 Å². The fourth-order valence-corrected chi connectivity index (χ4v) is 3.06. The Hall–Kier alpha value is -1.10. The Morgan fingerprint density at radius 2 is 1.76 bits per heavy atom. The normalized spacial score (nSPS) is 12.2. The molecule has 84 valence electrons. The van der Waals surface area contributed by atoms with E-state index in [1.165, 1.54) is 11.1 Å². The molecule has 0 atom stereocenters. The lowest BCUT2D eigenvalue weighted by Gasteiger charge is -2.10. The van der Waals surface area contributed by atoms with Crippen LogP contribution in [0, 0.1) is 0 Å². The standard InChI is InChI=1S/C13H10BBrO2/c15-12-6-5-10-9-4-2-1-3-8(9)7-11(10)13(12)14(16)17/h1-6,16-17H,7H2. The third-order valence-electron chi connectivity index (χ3n) is 3.24. The average Bonchev–Trinajstić information content (AvgIpc) is 2.66. The van der Waals surface area contributed by atoms with Crippen molar-refractivity contribution >= 4 is 28.5 Å². The van der Waals surface area contributed by atoms with Crippen molar-refractivity contribution in [2.24, 2.45) is 0 Å². The van der Waals surface area contributed by atoms with Crippen LogP contribution in [0.2, 0.25) is 0 Å². The molecule has 0 amide bonds. The van der Waals surface area contributed by atoms with Crippen LogP contribution < -0.4 is 5.46 Å². The predicted molar refractivity (Wildman–Crippen MR) is 72.2 cm³/mol. The highest BCUT2D eigenvalue weighted by atomic mass is 79.9. The van der Waals surface area contributed by atoms with Crippen LogP contribution in [0.1, 0.15) is 11.1 Å². The zero-order valence-electron chi connectivity index (χ0n) is 9.02. The molecule has 2 nitrogen and oxygen atoms in total. The Balaban J connectivity index is 2.27. The second-order valence-corrected chi connectivity index (χ2v) is 5.05. The summed E-state index contributed by atoms with van der Waals surface area (Å²) in [6.45, 7) is 0. The summed E-state index contributed by atoms with van der Waals surface area (Å²) in [5.41, 5.74) is 5.13. The molecule has 0 aromatic heterocycles. The van der Waals surface area contributed by atoms with Crippen molar-refractivity contribution in [1.29, 1.82) is 0 Å². The lowest BCUT2D eigenvalue weighted by Crippen LogP contribution is -2.34. The molecule has 1 aliphatic rings. The maximum atomic E-state index is 9.47. The molecule has 2 aromatic carbocycles. The van der Waals surface area contributed by atoms with Crippen molar-refractivity contribution in [3.05, 3.63) is 52.0 Å². The summed E-state index contributed by atoms with van der Waals surface area (Å²) in [5.74, 6) is 0. The van der Waals surface area contributed by atoms with Crippen LogP contribution in [-0.2, 0) is 6.42 Å². The second-order valence-electron chi connectivity index (χ2n) is 4.19. The van der Waals surface area contributed by atoms with Gasteiger partial charge in [0.05, 0.1) is 0 Å². The van der Waals surface area contributed by atoms with Crippen LogP contribution in [0.25, 0.3) is 11.1 Å². The van der Waals surface area contributed by atoms with Gasteiger partial charge < -0.3 is 10.0 Å². The van der Waals surface area contributed by atoms with Gasteiger partial charge in [-0.2, -0.15) is 0 Å². The van der Waals surface area contributed by atoms with Crippen LogP contribution in [0.5, 0.6) is 0 Å². The van der Waals surface area contributed by atoms with Gasteiger partial charge in [-0.25, -0.2) is 0 Å². The summed E-state index contributed by atoms with van der Waals surface area (Å²) in [7, 11) is -1.44. The highest BCUT2D eigenvalue weighted by Gasteiger charge is 2.27. The predicted octanol–water partition coefficient (Wildman–Crippen LogP) is 1.70. The third-order valence-corrected chi connectivity index (χ3v) is 3.93. The quantitative estimate of drug-likeness (QED) is 0.669. The van der Waals surface area contributed by atoms with Crippen molar-refractivity contribution in [2.75, 3.05) is 0 Å². The molecule has 0 saturated carbocycles. The van der Waals surface area contributed by atoms with Crippen molar-refractivity contribution in [2.45, 2.75) is 6.42 Å². The number of fused-ring (bicyclic) bond motifs is 3. The first-order valence-electron chi connectivity index (χ1n) is 5.44. The van der Waals surface area contributed by atoms with E-state index in [2.05, 4.69) is 28.1 Å². The Bertz CT molecular complexity index is 596. The lowest BCUT2D eigenvalue weighted by atomic mass is 9.75. The van der Waals surface area contributed by atoms with Crippen molar-refractivity contribution in [3.63, 3.8) is 0 Å². The summed E-state index contributed by atoms with van der Waals surface area (Å²) in [6.07, 6.45) is 0.762. The topological polar surface area (TPSA) is 40.5 Å². The first kappa shape index (κ1) is 11.0. The number of hydrogen-bond acceptors (Lipinski definition) is 2. The minimum Gasteiger partial charge on any atom is -0.423 e. The van der Waals surface area contributed by atoms with Gasteiger partial charge >= 0.3 is 7.12 Å². The Kier molecular flexibility index (Phi) is 2.58. The van der Waals surface area contributed by atoms with E-state index in [1.807, 2.05) is 24.3 Å². The molecular formula is C13H10BBrO2. The maximum Gasteiger partial charge on any atom is 0.489 e. The molecule has 0 aliphatic heterocycles. The fourth-order valence-electron chi connectivity index (χ4n) is 2.49. The summed E-state index contributed by atoms with van der Waals surface area (Å²) >= 11 is 3.38. The van der Waals surface area contributed by atoms with Crippen LogP contribution in [0.15, 0.2) is 40.9 Å². The summed E-state index contributed by atoms with van der Waals surface area (Å²) < 4.78 is 0.749.